The first-order valence-corrected chi connectivity index (χ1v) is 7.22. The predicted octanol–water partition coefficient (Wildman–Crippen LogP) is 2.96. The van der Waals surface area contributed by atoms with Crippen LogP contribution < -0.4 is 10.1 Å². The lowest BCUT2D eigenvalue weighted by molar-refractivity contribution is 0.339. The lowest BCUT2D eigenvalue weighted by atomic mass is 10.0. The van der Waals surface area contributed by atoms with Crippen molar-refractivity contribution in [2.45, 2.75) is 12.8 Å². The molecule has 0 bridgehead atoms. The van der Waals surface area contributed by atoms with E-state index in [1.165, 1.54) is 5.56 Å². The molecule has 2 aromatic rings. The number of aryl methyl sites for hydroxylation is 1. The van der Waals surface area contributed by atoms with Crippen molar-refractivity contribution in [3.63, 3.8) is 0 Å². The first-order valence-electron chi connectivity index (χ1n) is 6.14. The minimum Gasteiger partial charge on any atom is -0.492 e. The summed E-state index contributed by atoms with van der Waals surface area (Å²) < 4.78 is 6.77. The van der Waals surface area contributed by atoms with Crippen molar-refractivity contribution in [2.24, 2.45) is 0 Å². The number of aromatic nitrogens is 2. The molecular formula is C14H14IN3O. The molecule has 4 nitrogen and oxygen atoms in total. The van der Waals surface area contributed by atoms with Gasteiger partial charge in [0.25, 0.3) is 0 Å². The molecule has 98 valence electrons. The van der Waals surface area contributed by atoms with E-state index >= 15 is 0 Å². The maximum atomic E-state index is 5.71. The molecule has 0 radical (unpaired) electrons. The molecule has 0 fully saturated rings. The van der Waals surface area contributed by atoms with Crippen molar-refractivity contribution < 1.29 is 4.74 Å². The number of hydrogen-bond donors (Lipinski definition) is 1. The third kappa shape index (κ3) is 2.16. The number of ether oxygens (including phenoxy) is 1. The molecule has 0 aliphatic carbocycles. The van der Waals surface area contributed by atoms with Gasteiger partial charge in [-0.1, -0.05) is 18.2 Å². The van der Waals surface area contributed by atoms with Gasteiger partial charge < -0.3 is 10.1 Å². The van der Waals surface area contributed by atoms with Crippen LogP contribution in [0, 0.1) is 10.5 Å². The number of para-hydroxylation sites is 1. The third-order valence-electron chi connectivity index (χ3n) is 3.28. The smallest absolute Gasteiger partial charge is 0.143 e. The molecule has 0 spiro atoms. The molecular weight excluding hydrogens is 353 g/mol. The van der Waals surface area contributed by atoms with Crippen LogP contribution in [0.4, 0.5) is 5.82 Å². The molecule has 1 atom stereocenters. The molecule has 5 heteroatoms. The maximum Gasteiger partial charge on any atom is 0.143 e. The van der Waals surface area contributed by atoms with E-state index in [1.54, 1.807) is 0 Å². The molecule has 1 aliphatic heterocycles. The second-order valence-electron chi connectivity index (χ2n) is 4.48. The average Bonchev–Trinajstić information content (AvgIpc) is 2.85. The fourth-order valence-corrected chi connectivity index (χ4v) is 2.79. The van der Waals surface area contributed by atoms with Gasteiger partial charge in [0.15, 0.2) is 0 Å². The zero-order valence-electron chi connectivity index (χ0n) is 10.8. The Bertz CT molecular complexity index is 630. The predicted molar refractivity (Wildman–Crippen MR) is 82.8 cm³/mol. The lowest BCUT2D eigenvalue weighted by Gasteiger charge is -2.12. The second kappa shape index (κ2) is 4.96. The van der Waals surface area contributed by atoms with E-state index in [0.29, 0.717) is 6.61 Å². The number of hydrogen-bond acceptors (Lipinski definition) is 4. The Hall–Kier alpha value is -1.37. The van der Waals surface area contributed by atoms with E-state index in [1.807, 2.05) is 32.2 Å². The first kappa shape index (κ1) is 12.7. The van der Waals surface area contributed by atoms with E-state index in [2.05, 4.69) is 43.9 Å². The molecule has 0 amide bonds. The van der Waals surface area contributed by atoms with E-state index in [0.717, 1.165) is 26.7 Å². The number of nitrogens with zero attached hydrogens (tertiary/aromatic N) is 2. The van der Waals surface area contributed by atoms with Crippen molar-refractivity contribution in [3.8, 4) is 5.75 Å². The molecule has 1 aromatic carbocycles. The van der Waals surface area contributed by atoms with Gasteiger partial charge in [-0.2, -0.15) is 0 Å². The van der Waals surface area contributed by atoms with Gasteiger partial charge in [-0.15, -0.1) is 0 Å². The summed E-state index contributed by atoms with van der Waals surface area (Å²) in [5.74, 6) is 2.78. The Morgan fingerprint density at radius 3 is 2.89 bits per heavy atom. The summed E-state index contributed by atoms with van der Waals surface area (Å²) in [5.41, 5.74) is 2.17. The van der Waals surface area contributed by atoms with Crippen LogP contribution in [0.1, 0.15) is 23.0 Å². The van der Waals surface area contributed by atoms with E-state index in [4.69, 9.17) is 4.74 Å². The summed E-state index contributed by atoms with van der Waals surface area (Å²) in [7, 11) is 1.88. The van der Waals surface area contributed by atoms with Crippen molar-refractivity contribution in [1.29, 1.82) is 0 Å². The largest absolute Gasteiger partial charge is 0.492 e. The highest BCUT2D eigenvalue weighted by Crippen LogP contribution is 2.37. The molecule has 2 heterocycles. The van der Waals surface area contributed by atoms with Gasteiger partial charge in [0, 0.05) is 12.6 Å². The van der Waals surface area contributed by atoms with Gasteiger partial charge >= 0.3 is 0 Å². The van der Waals surface area contributed by atoms with Gasteiger partial charge in [0.1, 0.15) is 24.0 Å². The second-order valence-corrected chi connectivity index (χ2v) is 5.56. The highest BCUT2D eigenvalue weighted by atomic mass is 127. The SMILES string of the molecule is CNc1nc(C2COc3ccccc32)nc(C)c1I. The highest BCUT2D eigenvalue weighted by molar-refractivity contribution is 14.1. The number of nitrogens with one attached hydrogen (secondary N) is 1. The van der Waals surface area contributed by atoms with Gasteiger partial charge in [-0.3, -0.25) is 0 Å². The summed E-state index contributed by atoms with van der Waals surface area (Å²) >= 11 is 2.27. The summed E-state index contributed by atoms with van der Waals surface area (Å²) in [5, 5.41) is 3.12. The molecule has 1 aromatic heterocycles. The minimum atomic E-state index is 0.124. The van der Waals surface area contributed by atoms with Crippen molar-refractivity contribution >= 4 is 28.4 Å². The van der Waals surface area contributed by atoms with Crippen LogP contribution in [0.3, 0.4) is 0 Å². The van der Waals surface area contributed by atoms with Gasteiger partial charge in [0.2, 0.25) is 0 Å². The van der Waals surface area contributed by atoms with Crippen molar-refractivity contribution in [1.82, 2.24) is 9.97 Å². The molecule has 3 rings (SSSR count). The molecule has 19 heavy (non-hydrogen) atoms. The number of fused-ring (bicyclic) bond motifs is 1. The quantitative estimate of drug-likeness (QED) is 0.830. The van der Waals surface area contributed by atoms with Crippen LogP contribution in [0.2, 0.25) is 0 Å². The van der Waals surface area contributed by atoms with E-state index in [-0.39, 0.29) is 5.92 Å². The zero-order valence-corrected chi connectivity index (χ0v) is 12.9. The number of halogens is 1. The molecule has 0 saturated carbocycles. The summed E-state index contributed by atoms with van der Waals surface area (Å²) in [6.45, 7) is 2.62. The van der Waals surface area contributed by atoms with Crippen LogP contribution in [0.5, 0.6) is 5.75 Å². The van der Waals surface area contributed by atoms with Crippen LogP contribution in [0.15, 0.2) is 24.3 Å². The Morgan fingerprint density at radius 2 is 2.11 bits per heavy atom. The fourth-order valence-electron chi connectivity index (χ4n) is 2.28. The molecule has 1 N–H and O–H groups in total. The fraction of sp³-hybridized carbons (Fsp3) is 0.286. The minimum absolute atomic E-state index is 0.124. The monoisotopic (exact) mass is 367 g/mol. The molecule has 1 unspecified atom stereocenters. The van der Waals surface area contributed by atoms with E-state index < -0.39 is 0 Å². The third-order valence-corrected chi connectivity index (χ3v) is 4.57. The van der Waals surface area contributed by atoms with Gasteiger partial charge in [-0.05, 0) is 35.6 Å². The highest BCUT2D eigenvalue weighted by Gasteiger charge is 2.28. The van der Waals surface area contributed by atoms with Crippen molar-refractivity contribution in [2.75, 3.05) is 19.0 Å². The zero-order chi connectivity index (χ0) is 13.4. The van der Waals surface area contributed by atoms with Gasteiger partial charge in [0.05, 0.1) is 15.2 Å². The normalized spacial score (nSPS) is 16.9. The number of rotatable bonds is 2. The standard InChI is InChI=1S/C14H14IN3O/c1-8-12(15)14(16-2)18-13(17-8)10-7-19-11-6-4-3-5-9(10)11/h3-6,10H,7H2,1-2H3,(H,16,17,18). The Balaban J connectivity index is 2.07. The Morgan fingerprint density at radius 1 is 1.32 bits per heavy atom. The summed E-state index contributed by atoms with van der Waals surface area (Å²) in [6.07, 6.45) is 0. The first-order chi connectivity index (χ1) is 9.20. The van der Waals surface area contributed by atoms with E-state index in [9.17, 15) is 0 Å². The van der Waals surface area contributed by atoms with Crippen LogP contribution in [-0.2, 0) is 0 Å². The maximum absolute atomic E-state index is 5.71. The van der Waals surface area contributed by atoms with Crippen LogP contribution in [-0.4, -0.2) is 23.6 Å². The molecule has 0 saturated heterocycles. The number of benzene rings is 1. The van der Waals surface area contributed by atoms with Crippen molar-refractivity contribution in [3.05, 3.63) is 44.9 Å². The van der Waals surface area contributed by atoms with Gasteiger partial charge in [-0.25, -0.2) is 9.97 Å². The lowest BCUT2D eigenvalue weighted by Crippen LogP contribution is -2.11. The van der Waals surface area contributed by atoms with Crippen LogP contribution >= 0.6 is 22.6 Å². The van der Waals surface area contributed by atoms with Crippen LogP contribution in [0.25, 0.3) is 0 Å². The average molecular weight is 367 g/mol. The summed E-state index contributed by atoms with van der Waals surface area (Å²) in [4.78, 5) is 9.25. The topological polar surface area (TPSA) is 47.0 Å². The Labute approximate surface area is 125 Å². The number of anilines is 1. The molecule has 1 aliphatic rings. The summed E-state index contributed by atoms with van der Waals surface area (Å²) in [6, 6.07) is 8.09. The Kier molecular flexibility index (Phi) is 3.30.